The molecule has 0 saturated heterocycles. The van der Waals surface area contributed by atoms with Crippen molar-refractivity contribution in [1.82, 2.24) is 0 Å². The van der Waals surface area contributed by atoms with Crippen LogP contribution in [0.3, 0.4) is 0 Å². The topological polar surface area (TPSA) is 96.6 Å². The fourth-order valence-corrected chi connectivity index (χ4v) is 1.44. The summed E-state index contributed by atoms with van der Waals surface area (Å²) in [4.78, 5) is 22.2. The van der Waals surface area contributed by atoms with Crippen molar-refractivity contribution < 1.29 is 24.2 Å². The maximum absolute atomic E-state index is 11.7. The van der Waals surface area contributed by atoms with Gasteiger partial charge in [-0.15, -0.1) is 0 Å². The van der Waals surface area contributed by atoms with E-state index in [4.69, 9.17) is 19.8 Å². The van der Waals surface area contributed by atoms with Gasteiger partial charge in [0.05, 0.1) is 6.10 Å². The van der Waals surface area contributed by atoms with Crippen LogP contribution in [0.15, 0.2) is 29.8 Å². The van der Waals surface area contributed by atoms with Gasteiger partial charge in [0.1, 0.15) is 17.4 Å². The largest absolute Gasteiger partial charge is 0.481 e. The molecule has 0 aliphatic carbocycles. The third-order valence-electron chi connectivity index (χ3n) is 2.25. The van der Waals surface area contributed by atoms with Crippen molar-refractivity contribution in [2.75, 3.05) is 6.61 Å². The molecule has 0 spiro atoms. The molecule has 1 aromatic carbocycles. The fraction of sp³-hybridized carbons (Fsp3) is 0.267. The number of carbonyl (C=O) groups is 2. The van der Waals surface area contributed by atoms with Gasteiger partial charge in [0, 0.05) is 5.56 Å². The van der Waals surface area contributed by atoms with Gasteiger partial charge in [0.15, 0.2) is 6.61 Å². The Kier molecular flexibility index (Phi) is 5.96. The standard InChI is InChI=1S/C15H15NO5/c1-10(2)21-15(19)12(8-16)7-11-5-3-4-6-13(11)20-9-14(17)18/h3-7,10H,9H2,1-2H3,(H,17,18)/b12-7+. The molecule has 110 valence electrons. The highest BCUT2D eigenvalue weighted by Crippen LogP contribution is 2.21. The lowest BCUT2D eigenvalue weighted by Gasteiger charge is -2.09. The maximum atomic E-state index is 11.7. The van der Waals surface area contributed by atoms with Crippen LogP contribution in [0.5, 0.6) is 5.75 Å². The Hall–Kier alpha value is -2.81. The molecule has 0 aliphatic rings. The summed E-state index contributed by atoms with van der Waals surface area (Å²) in [6, 6.07) is 8.27. The van der Waals surface area contributed by atoms with Crippen molar-refractivity contribution in [2.24, 2.45) is 0 Å². The van der Waals surface area contributed by atoms with Crippen LogP contribution in [0, 0.1) is 11.3 Å². The average molecular weight is 289 g/mol. The Bertz CT molecular complexity index is 598. The number of carboxylic acid groups (broad SMARTS) is 1. The van der Waals surface area contributed by atoms with E-state index in [2.05, 4.69) is 0 Å². The van der Waals surface area contributed by atoms with Crippen LogP contribution in [0.2, 0.25) is 0 Å². The normalized spacial score (nSPS) is 10.9. The van der Waals surface area contributed by atoms with Gasteiger partial charge in [0.2, 0.25) is 0 Å². The smallest absolute Gasteiger partial charge is 0.349 e. The van der Waals surface area contributed by atoms with Crippen LogP contribution in [-0.2, 0) is 14.3 Å². The zero-order valence-electron chi connectivity index (χ0n) is 11.7. The lowest BCUT2D eigenvalue weighted by atomic mass is 10.1. The Morgan fingerprint density at radius 1 is 1.38 bits per heavy atom. The van der Waals surface area contributed by atoms with Crippen molar-refractivity contribution in [3.63, 3.8) is 0 Å². The van der Waals surface area contributed by atoms with E-state index < -0.39 is 18.5 Å². The summed E-state index contributed by atoms with van der Waals surface area (Å²) in [6.07, 6.45) is 0.967. The highest BCUT2D eigenvalue weighted by atomic mass is 16.5. The summed E-state index contributed by atoms with van der Waals surface area (Å²) >= 11 is 0. The molecule has 1 aromatic rings. The van der Waals surface area contributed by atoms with Crippen LogP contribution in [-0.4, -0.2) is 29.8 Å². The van der Waals surface area contributed by atoms with E-state index in [-0.39, 0.29) is 17.4 Å². The Labute approximate surface area is 122 Å². The van der Waals surface area contributed by atoms with Gasteiger partial charge in [-0.2, -0.15) is 5.26 Å². The third kappa shape index (κ3) is 5.37. The minimum Gasteiger partial charge on any atom is -0.481 e. The summed E-state index contributed by atoms with van der Waals surface area (Å²) in [5, 5.41) is 17.6. The molecule has 0 heterocycles. The number of aliphatic carboxylic acids is 1. The molecule has 0 fully saturated rings. The molecule has 6 nitrogen and oxygen atoms in total. The second-order valence-electron chi connectivity index (χ2n) is 4.34. The number of hydrogen-bond donors (Lipinski definition) is 1. The second kappa shape index (κ2) is 7.70. The summed E-state index contributed by atoms with van der Waals surface area (Å²) in [5.74, 6) is -1.58. The van der Waals surface area contributed by atoms with Crippen molar-refractivity contribution in [2.45, 2.75) is 20.0 Å². The molecule has 0 amide bonds. The number of rotatable bonds is 6. The molecule has 1 N–H and O–H groups in total. The van der Waals surface area contributed by atoms with Crippen molar-refractivity contribution in [1.29, 1.82) is 5.26 Å². The number of esters is 1. The molecule has 21 heavy (non-hydrogen) atoms. The zero-order chi connectivity index (χ0) is 15.8. The minimum atomic E-state index is -1.12. The summed E-state index contributed by atoms with van der Waals surface area (Å²) in [7, 11) is 0. The SMILES string of the molecule is CC(C)OC(=O)/C(C#N)=C/c1ccccc1OCC(=O)O. The second-order valence-corrected chi connectivity index (χ2v) is 4.34. The van der Waals surface area contributed by atoms with Gasteiger partial charge < -0.3 is 14.6 Å². The maximum Gasteiger partial charge on any atom is 0.349 e. The van der Waals surface area contributed by atoms with Crippen LogP contribution in [0.1, 0.15) is 19.4 Å². The summed E-state index contributed by atoms with van der Waals surface area (Å²) in [5.41, 5.74) is 0.242. The van der Waals surface area contributed by atoms with Gasteiger partial charge >= 0.3 is 11.9 Å². The molecule has 1 rings (SSSR count). The zero-order valence-corrected chi connectivity index (χ0v) is 11.7. The van der Waals surface area contributed by atoms with Crippen LogP contribution in [0.25, 0.3) is 6.08 Å². The number of ether oxygens (including phenoxy) is 2. The van der Waals surface area contributed by atoms with E-state index in [0.29, 0.717) is 5.56 Å². The first kappa shape index (κ1) is 16.2. The Balaban J connectivity index is 3.03. The number of carbonyl (C=O) groups excluding carboxylic acids is 1. The molecule has 6 heteroatoms. The number of nitrogens with zero attached hydrogens (tertiary/aromatic N) is 1. The number of nitriles is 1. The van der Waals surface area contributed by atoms with Crippen LogP contribution in [0.4, 0.5) is 0 Å². The molecule has 0 radical (unpaired) electrons. The lowest BCUT2D eigenvalue weighted by Crippen LogP contribution is -2.13. The molecular formula is C15H15NO5. The monoisotopic (exact) mass is 289 g/mol. The van der Waals surface area contributed by atoms with Gasteiger partial charge in [-0.25, -0.2) is 9.59 Å². The molecule has 0 aliphatic heterocycles. The molecular weight excluding hydrogens is 274 g/mol. The van der Waals surface area contributed by atoms with Gasteiger partial charge in [-0.1, -0.05) is 18.2 Å². The third-order valence-corrected chi connectivity index (χ3v) is 2.25. The molecule has 0 bridgehead atoms. The van der Waals surface area contributed by atoms with E-state index in [1.54, 1.807) is 44.2 Å². The highest BCUT2D eigenvalue weighted by Gasteiger charge is 2.14. The quantitative estimate of drug-likeness (QED) is 0.489. The van der Waals surface area contributed by atoms with Crippen LogP contribution < -0.4 is 4.74 Å². The predicted molar refractivity (Wildman–Crippen MR) is 74.4 cm³/mol. The number of benzene rings is 1. The number of hydrogen-bond acceptors (Lipinski definition) is 5. The lowest BCUT2D eigenvalue weighted by molar-refractivity contribution is -0.142. The average Bonchev–Trinajstić information content (AvgIpc) is 2.42. The van der Waals surface area contributed by atoms with E-state index in [9.17, 15) is 9.59 Å². The van der Waals surface area contributed by atoms with Crippen molar-refractivity contribution >= 4 is 18.0 Å². The van der Waals surface area contributed by atoms with Crippen molar-refractivity contribution in [3.05, 3.63) is 35.4 Å². The van der Waals surface area contributed by atoms with E-state index in [1.807, 2.05) is 0 Å². The Morgan fingerprint density at radius 2 is 2.05 bits per heavy atom. The Morgan fingerprint density at radius 3 is 2.62 bits per heavy atom. The predicted octanol–water partition coefficient (Wildman–Crippen LogP) is 2.01. The van der Waals surface area contributed by atoms with Crippen LogP contribution >= 0.6 is 0 Å². The minimum absolute atomic E-state index is 0.185. The first-order chi connectivity index (χ1) is 9.93. The highest BCUT2D eigenvalue weighted by molar-refractivity contribution is 5.98. The number of para-hydroxylation sites is 1. The van der Waals surface area contributed by atoms with E-state index in [0.717, 1.165) is 0 Å². The van der Waals surface area contributed by atoms with Gasteiger partial charge in [-0.05, 0) is 26.0 Å². The van der Waals surface area contributed by atoms with E-state index in [1.165, 1.54) is 6.08 Å². The van der Waals surface area contributed by atoms with E-state index >= 15 is 0 Å². The first-order valence-corrected chi connectivity index (χ1v) is 6.20. The first-order valence-electron chi connectivity index (χ1n) is 6.20. The summed E-state index contributed by atoms with van der Waals surface area (Å²) in [6.45, 7) is 2.84. The fourth-order valence-electron chi connectivity index (χ4n) is 1.44. The van der Waals surface area contributed by atoms with Crippen molar-refractivity contribution in [3.8, 4) is 11.8 Å². The summed E-state index contributed by atoms with van der Waals surface area (Å²) < 4.78 is 10.0. The molecule has 0 saturated carbocycles. The molecule has 0 unspecified atom stereocenters. The van der Waals surface area contributed by atoms with Gasteiger partial charge in [0.25, 0.3) is 0 Å². The molecule has 0 aromatic heterocycles. The van der Waals surface area contributed by atoms with Gasteiger partial charge in [-0.3, -0.25) is 0 Å². The number of carboxylic acids is 1. The molecule has 0 atom stereocenters.